The number of aliphatic carboxylic acids is 1. The van der Waals surface area contributed by atoms with E-state index in [0.717, 1.165) is 11.4 Å². The number of carboxylic acid groups (broad SMARTS) is 1. The Balaban J connectivity index is 0.00000169. The average Bonchev–Trinajstić information content (AvgIpc) is 2.45. The third-order valence-electron chi connectivity index (χ3n) is 1.66. The molecule has 0 aliphatic carbocycles. The summed E-state index contributed by atoms with van der Waals surface area (Å²) in [6, 6.07) is 0. The van der Waals surface area contributed by atoms with E-state index in [1.807, 2.05) is 6.92 Å². The number of hydrogen-bond donors (Lipinski definition) is 2. The molecule has 0 atom stereocenters. The fraction of sp³-hybridized carbons (Fsp3) is 0.500. The predicted molar refractivity (Wildman–Crippen MR) is 52.7 cm³/mol. The highest BCUT2D eigenvalue weighted by molar-refractivity contribution is 5.85. The minimum atomic E-state index is -0.943. The lowest BCUT2D eigenvalue weighted by molar-refractivity contribution is -0.142. The number of aryl methyl sites for hydroxylation is 1. The zero-order chi connectivity index (χ0) is 9.68. The Bertz CT molecular complexity index is 288. The van der Waals surface area contributed by atoms with Gasteiger partial charge in [0.25, 0.3) is 0 Å². The smallest absolute Gasteiger partial charge is 0.329 e. The van der Waals surface area contributed by atoms with Crippen LogP contribution in [0.4, 0.5) is 0 Å². The van der Waals surface area contributed by atoms with Gasteiger partial charge in [-0.25, -0.2) is 9.78 Å². The predicted octanol–water partition coefficient (Wildman–Crippen LogP) is 0.784. The van der Waals surface area contributed by atoms with Gasteiger partial charge in [-0.1, -0.05) is 0 Å². The van der Waals surface area contributed by atoms with Crippen LogP contribution in [0.15, 0.2) is 6.33 Å². The van der Waals surface area contributed by atoms with Gasteiger partial charge in [0, 0.05) is 12.1 Å². The summed E-state index contributed by atoms with van der Waals surface area (Å²) in [5.41, 5.74) is 1.92. The fourth-order valence-electron chi connectivity index (χ4n) is 0.976. The number of halogens is 1. The topological polar surface area (TPSA) is 75.2 Å². The molecule has 5 nitrogen and oxygen atoms in total. The molecule has 0 aromatic carbocycles. The van der Waals surface area contributed by atoms with Gasteiger partial charge < -0.3 is 14.8 Å². The highest BCUT2D eigenvalue weighted by Crippen LogP contribution is 2.00. The summed E-state index contributed by atoms with van der Waals surface area (Å²) < 4.78 is 4.88. The van der Waals surface area contributed by atoms with Crippen molar-refractivity contribution in [1.82, 2.24) is 9.97 Å². The van der Waals surface area contributed by atoms with Gasteiger partial charge in [0.1, 0.15) is 6.61 Å². The normalized spacial score (nSPS) is 9.50. The van der Waals surface area contributed by atoms with Crippen LogP contribution in [0, 0.1) is 6.92 Å². The second kappa shape index (κ2) is 6.39. The van der Waals surface area contributed by atoms with E-state index in [-0.39, 0.29) is 19.0 Å². The lowest BCUT2D eigenvalue weighted by Crippen LogP contribution is -2.09. The van der Waals surface area contributed by atoms with Crippen LogP contribution in [0.1, 0.15) is 11.4 Å². The molecule has 0 aliphatic rings. The summed E-state index contributed by atoms with van der Waals surface area (Å²) in [7, 11) is 0. The first-order valence-corrected chi connectivity index (χ1v) is 3.98. The number of hydrogen-bond acceptors (Lipinski definition) is 3. The highest BCUT2D eigenvalue weighted by Gasteiger charge is 2.01. The molecule has 0 bridgehead atoms. The summed E-state index contributed by atoms with van der Waals surface area (Å²) in [6.07, 6.45) is 2.28. The summed E-state index contributed by atoms with van der Waals surface area (Å²) >= 11 is 0. The van der Waals surface area contributed by atoms with Crippen LogP contribution in [-0.2, 0) is 16.0 Å². The van der Waals surface area contributed by atoms with Crippen molar-refractivity contribution in [2.24, 2.45) is 0 Å². The minimum absolute atomic E-state index is 0. The molecule has 0 aliphatic heterocycles. The molecule has 0 spiro atoms. The second-order valence-corrected chi connectivity index (χ2v) is 2.66. The molecule has 1 rings (SSSR count). The number of imidazole rings is 1. The Morgan fingerprint density at radius 1 is 1.71 bits per heavy atom. The molecular weight excluding hydrogens is 208 g/mol. The average molecular weight is 221 g/mol. The van der Waals surface area contributed by atoms with E-state index in [2.05, 4.69) is 9.97 Å². The number of aromatic amines is 1. The Morgan fingerprint density at radius 2 is 2.43 bits per heavy atom. The number of rotatable bonds is 5. The molecule has 0 fully saturated rings. The summed E-state index contributed by atoms with van der Waals surface area (Å²) in [5, 5.41) is 8.28. The van der Waals surface area contributed by atoms with Crippen LogP contribution in [0.3, 0.4) is 0 Å². The molecule has 14 heavy (non-hydrogen) atoms. The number of aromatic nitrogens is 2. The summed E-state index contributed by atoms with van der Waals surface area (Å²) in [4.78, 5) is 17.0. The first-order chi connectivity index (χ1) is 6.20. The quantitative estimate of drug-likeness (QED) is 0.720. The Morgan fingerprint density at radius 3 is 2.93 bits per heavy atom. The lowest BCUT2D eigenvalue weighted by atomic mass is 10.3. The summed E-state index contributed by atoms with van der Waals surface area (Å²) in [5.74, 6) is -0.943. The van der Waals surface area contributed by atoms with E-state index in [1.54, 1.807) is 6.33 Å². The molecule has 0 amide bonds. The third-order valence-corrected chi connectivity index (χ3v) is 1.66. The van der Waals surface area contributed by atoms with Crippen LogP contribution >= 0.6 is 12.4 Å². The maximum absolute atomic E-state index is 10.1. The number of nitrogens with zero attached hydrogens (tertiary/aromatic N) is 1. The van der Waals surface area contributed by atoms with Gasteiger partial charge >= 0.3 is 5.97 Å². The van der Waals surface area contributed by atoms with Gasteiger partial charge in [0.05, 0.1) is 18.6 Å². The van der Waals surface area contributed by atoms with Crippen LogP contribution < -0.4 is 0 Å². The molecule has 0 unspecified atom stereocenters. The standard InChI is InChI=1S/C8H12N2O3.ClH/c1-6-7(10-5-9-6)2-3-13-4-8(11)12;/h5H,2-4H2,1H3,(H,9,10)(H,11,12);1H. The van der Waals surface area contributed by atoms with Crippen LogP contribution in [0.25, 0.3) is 0 Å². The zero-order valence-corrected chi connectivity index (χ0v) is 8.63. The second-order valence-electron chi connectivity index (χ2n) is 2.66. The molecule has 0 saturated heterocycles. The van der Waals surface area contributed by atoms with Gasteiger partial charge in [0.15, 0.2) is 0 Å². The first-order valence-electron chi connectivity index (χ1n) is 3.98. The van der Waals surface area contributed by atoms with Gasteiger partial charge in [-0.3, -0.25) is 0 Å². The van der Waals surface area contributed by atoms with Gasteiger partial charge in [-0.2, -0.15) is 0 Å². The highest BCUT2D eigenvalue weighted by atomic mass is 35.5. The number of H-pyrrole nitrogens is 1. The van der Waals surface area contributed by atoms with E-state index in [1.165, 1.54) is 0 Å². The maximum Gasteiger partial charge on any atom is 0.329 e. The molecule has 1 heterocycles. The van der Waals surface area contributed by atoms with Crippen molar-refractivity contribution < 1.29 is 14.6 Å². The van der Waals surface area contributed by atoms with E-state index in [9.17, 15) is 4.79 Å². The van der Waals surface area contributed by atoms with Gasteiger partial charge in [0.2, 0.25) is 0 Å². The Labute approximate surface area is 87.9 Å². The molecule has 6 heteroatoms. The molecular formula is C8H13ClN2O3. The number of carboxylic acids is 1. The molecule has 1 aromatic rings. The zero-order valence-electron chi connectivity index (χ0n) is 7.82. The maximum atomic E-state index is 10.1. The van der Waals surface area contributed by atoms with Crippen LogP contribution in [0.2, 0.25) is 0 Å². The monoisotopic (exact) mass is 220 g/mol. The molecule has 1 aromatic heterocycles. The fourth-order valence-corrected chi connectivity index (χ4v) is 0.976. The van der Waals surface area contributed by atoms with E-state index in [4.69, 9.17) is 9.84 Å². The van der Waals surface area contributed by atoms with E-state index in [0.29, 0.717) is 13.0 Å². The van der Waals surface area contributed by atoms with Crippen molar-refractivity contribution in [2.45, 2.75) is 13.3 Å². The van der Waals surface area contributed by atoms with Crippen molar-refractivity contribution in [3.8, 4) is 0 Å². The van der Waals surface area contributed by atoms with Crippen LogP contribution in [-0.4, -0.2) is 34.3 Å². The van der Waals surface area contributed by atoms with Gasteiger partial charge in [-0.15, -0.1) is 12.4 Å². The first kappa shape index (κ1) is 12.9. The lowest BCUT2D eigenvalue weighted by Gasteiger charge is -1.99. The van der Waals surface area contributed by atoms with Crippen molar-refractivity contribution in [3.05, 3.63) is 17.7 Å². The van der Waals surface area contributed by atoms with Crippen molar-refractivity contribution in [2.75, 3.05) is 13.2 Å². The largest absolute Gasteiger partial charge is 0.480 e. The van der Waals surface area contributed by atoms with Crippen molar-refractivity contribution in [1.29, 1.82) is 0 Å². The number of nitrogens with one attached hydrogen (secondary N) is 1. The van der Waals surface area contributed by atoms with Crippen LogP contribution in [0.5, 0.6) is 0 Å². The van der Waals surface area contributed by atoms with Crippen molar-refractivity contribution >= 4 is 18.4 Å². The molecule has 80 valence electrons. The Hall–Kier alpha value is -1.07. The molecule has 2 N–H and O–H groups in total. The number of carbonyl (C=O) groups is 1. The summed E-state index contributed by atoms with van der Waals surface area (Å²) in [6.45, 7) is 2.05. The SMILES string of the molecule is Cc1nc[nH]c1CCOCC(=O)O.Cl. The molecule has 0 saturated carbocycles. The number of ether oxygens (including phenoxy) is 1. The molecule has 0 radical (unpaired) electrons. The van der Waals surface area contributed by atoms with Gasteiger partial charge in [-0.05, 0) is 6.92 Å². The van der Waals surface area contributed by atoms with E-state index < -0.39 is 5.97 Å². The van der Waals surface area contributed by atoms with Crippen molar-refractivity contribution in [3.63, 3.8) is 0 Å². The minimum Gasteiger partial charge on any atom is -0.480 e. The Kier molecular flexibility index (Phi) is 5.91. The third kappa shape index (κ3) is 4.25. The van der Waals surface area contributed by atoms with E-state index >= 15 is 0 Å².